The number of hydrogen-bond acceptors (Lipinski definition) is 2. The van der Waals surface area contributed by atoms with Gasteiger partial charge in [0.2, 0.25) is 0 Å². The van der Waals surface area contributed by atoms with Gasteiger partial charge in [-0.15, -0.1) is 0 Å². The van der Waals surface area contributed by atoms with Gasteiger partial charge in [0, 0.05) is 12.7 Å². The molecule has 0 amide bonds. The molecule has 2 aliphatic rings. The van der Waals surface area contributed by atoms with Crippen LogP contribution in [0, 0.1) is 6.92 Å². The second-order valence-corrected chi connectivity index (χ2v) is 11.9. The van der Waals surface area contributed by atoms with Crippen molar-refractivity contribution >= 4 is 30.2 Å². The third-order valence-electron chi connectivity index (χ3n) is 5.60. The van der Waals surface area contributed by atoms with Gasteiger partial charge in [0.05, 0.1) is 5.71 Å². The van der Waals surface area contributed by atoms with E-state index >= 15 is 0 Å². The number of nitrogen functional groups attached to an aromatic ring is 1. The summed E-state index contributed by atoms with van der Waals surface area (Å²) in [6, 6.07) is 15.1. The fourth-order valence-electron chi connectivity index (χ4n) is 4.14. The highest BCUT2D eigenvalue weighted by Crippen LogP contribution is 2.42. The van der Waals surface area contributed by atoms with E-state index in [1.54, 1.807) is 0 Å². The van der Waals surface area contributed by atoms with Crippen molar-refractivity contribution in [2.45, 2.75) is 20.0 Å². The average molecular weight is 357 g/mol. The van der Waals surface area contributed by atoms with Gasteiger partial charge in [0.15, 0.2) is 0 Å². The zero-order valence-electron chi connectivity index (χ0n) is 15.8. The van der Waals surface area contributed by atoms with Crippen LogP contribution in [0.5, 0.6) is 0 Å². The Kier molecular flexibility index (Phi) is 3.85. The topological polar surface area (TPSA) is 38.4 Å². The molecule has 0 aromatic heterocycles. The maximum absolute atomic E-state index is 6.19. The molecule has 1 aliphatic heterocycles. The van der Waals surface area contributed by atoms with Crippen molar-refractivity contribution in [3.05, 3.63) is 88.2 Å². The Labute approximate surface area is 156 Å². The molecule has 3 heteroatoms. The van der Waals surface area contributed by atoms with Crippen molar-refractivity contribution in [3.63, 3.8) is 0 Å². The van der Waals surface area contributed by atoms with E-state index in [1.165, 1.54) is 38.2 Å². The summed E-state index contributed by atoms with van der Waals surface area (Å²) in [7, 11) is -0.00560. The van der Waals surface area contributed by atoms with E-state index in [0.717, 1.165) is 11.4 Å². The molecule has 0 spiro atoms. The highest BCUT2D eigenvalue weighted by molar-refractivity contribution is 6.98. The molecule has 1 aliphatic carbocycles. The average Bonchev–Trinajstić information content (AvgIpc) is 2.63. The van der Waals surface area contributed by atoms with Gasteiger partial charge in [0.25, 0.3) is 0 Å². The predicted molar refractivity (Wildman–Crippen MR) is 116 cm³/mol. The molecular weight excluding hydrogens is 332 g/mol. The Balaban J connectivity index is 2.13. The molecule has 2 N–H and O–H groups in total. The molecule has 130 valence electrons. The summed E-state index contributed by atoms with van der Waals surface area (Å²) in [5.41, 5.74) is 14.7. The lowest BCUT2D eigenvalue weighted by Gasteiger charge is -2.38. The number of anilines is 1. The van der Waals surface area contributed by atoms with Crippen molar-refractivity contribution in [3.8, 4) is 0 Å². The molecule has 2 nitrogen and oxygen atoms in total. The number of hydrogen-bond donors (Lipinski definition) is 1. The van der Waals surface area contributed by atoms with E-state index in [2.05, 4.69) is 79.6 Å². The maximum atomic E-state index is 6.19. The first-order chi connectivity index (χ1) is 12.4. The molecule has 0 radical (unpaired) electrons. The van der Waals surface area contributed by atoms with Gasteiger partial charge >= 0.3 is 0 Å². The van der Waals surface area contributed by atoms with E-state index in [0.29, 0.717) is 0 Å². The maximum Gasteiger partial charge on any atom is 0.114 e. The lowest BCUT2D eigenvalue weighted by Crippen LogP contribution is -2.49. The van der Waals surface area contributed by atoms with Crippen molar-refractivity contribution in [2.24, 2.45) is 4.99 Å². The van der Waals surface area contributed by atoms with Crippen LogP contribution < -0.4 is 10.9 Å². The first kappa shape index (κ1) is 16.8. The van der Waals surface area contributed by atoms with Crippen molar-refractivity contribution < 1.29 is 0 Å². The minimum absolute atomic E-state index is 0.841. The van der Waals surface area contributed by atoms with Crippen LogP contribution in [0.3, 0.4) is 0 Å². The fourth-order valence-corrected chi connectivity index (χ4v) is 7.23. The molecule has 0 saturated carbocycles. The molecule has 2 aromatic rings. The molecule has 0 bridgehead atoms. The minimum atomic E-state index is -1.86. The predicted octanol–water partition coefficient (Wildman–Crippen LogP) is 4.41. The number of nitrogens with two attached hydrogens (primary N) is 1. The van der Waals surface area contributed by atoms with E-state index in [4.69, 9.17) is 5.73 Å². The van der Waals surface area contributed by atoms with Crippen LogP contribution in [0.4, 0.5) is 5.69 Å². The summed E-state index contributed by atoms with van der Waals surface area (Å²) in [5.74, 6) is 0. The Morgan fingerprint density at radius 2 is 1.73 bits per heavy atom. The van der Waals surface area contributed by atoms with Crippen LogP contribution in [0.1, 0.15) is 16.7 Å². The number of allylic oxidation sites excluding steroid dienone is 5. The van der Waals surface area contributed by atoms with Gasteiger partial charge in [-0.05, 0) is 69.4 Å². The van der Waals surface area contributed by atoms with Gasteiger partial charge < -0.3 is 5.73 Å². The quantitative estimate of drug-likeness (QED) is 0.596. The third-order valence-corrected chi connectivity index (χ3v) is 9.13. The number of nitrogens with zero attached hydrogens (tertiary/aromatic N) is 1. The highest BCUT2D eigenvalue weighted by Gasteiger charge is 2.39. The first-order valence-electron chi connectivity index (χ1n) is 9.01. The zero-order chi connectivity index (χ0) is 18.5. The van der Waals surface area contributed by atoms with Crippen molar-refractivity contribution in [1.29, 1.82) is 0 Å². The van der Waals surface area contributed by atoms with Gasteiger partial charge in [-0.1, -0.05) is 49.5 Å². The van der Waals surface area contributed by atoms with Crippen LogP contribution in [0.2, 0.25) is 13.1 Å². The Morgan fingerprint density at radius 1 is 0.962 bits per heavy atom. The summed E-state index contributed by atoms with van der Waals surface area (Å²) in [6.07, 6.45) is 6.67. The van der Waals surface area contributed by atoms with E-state index in [-0.39, 0.29) is 0 Å². The van der Waals surface area contributed by atoms with Gasteiger partial charge in [-0.2, -0.15) is 0 Å². The number of fused-ring (bicyclic) bond motifs is 2. The Morgan fingerprint density at radius 3 is 2.46 bits per heavy atom. The Bertz CT molecular complexity index is 1040. The molecule has 0 atom stereocenters. The molecular formula is C23H24N2Si. The van der Waals surface area contributed by atoms with E-state index in [9.17, 15) is 0 Å². The summed E-state index contributed by atoms with van der Waals surface area (Å²) in [4.78, 5) is 4.42. The smallest absolute Gasteiger partial charge is 0.114 e. The normalized spacial score (nSPS) is 19.2. The molecule has 0 saturated heterocycles. The Hall–Kier alpha value is -2.65. The SMILES string of the molecule is C/N=C1\C=CC2=C(c3ccccc3C)c3ccc(N)cc3[Si](C)(C)C2=C1. The van der Waals surface area contributed by atoms with Gasteiger partial charge in [-0.3, -0.25) is 4.99 Å². The number of aryl methyl sites for hydroxylation is 1. The van der Waals surface area contributed by atoms with Crippen molar-refractivity contribution in [2.75, 3.05) is 12.8 Å². The van der Waals surface area contributed by atoms with E-state index in [1.807, 2.05) is 13.1 Å². The molecule has 0 fully saturated rings. The zero-order valence-corrected chi connectivity index (χ0v) is 16.8. The van der Waals surface area contributed by atoms with Crippen LogP contribution in [0.15, 0.2) is 76.5 Å². The van der Waals surface area contributed by atoms with E-state index < -0.39 is 8.07 Å². The largest absolute Gasteiger partial charge is 0.399 e. The molecule has 2 aromatic carbocycles. The summed E-state index contributed by atoms with van der Waals surface area (Å²) in [6.45, 7) is 7.02. The standard InChI is InChI=1S/C23H24N2Si/c1-15-7-5-6-8-18(15)23-19-11-9-16(24)13-21(19)26(3,4)22-14-17(25-2)10-12-20(22)23/h5-14H,24H2,1-4H3/b25-17+. The fraction of sp³-hybridized carbons (Fsp3) is 0.174. The van der Waals surface area contributed by atoms with Gasteiger partial charge in [0.1, 0.15) is 8.07 Å². The van der Waals surface area contributed by atoms with Crippen LogP contribution in [-0.2, 0) is 0 Å². The molecule has 0 unspecified atom stereocenters. The number of rotatable bonds is 1. The van der Waals surface area contributed by atoms with Crippen LogP contribution >= 0.6 is 0 Å². The molecule has 26 heavy (non-hydrogen) atoms. The molecule has 1 heterocycles. The van der Waals surface area contributed by atoms with Crippen LogP contribution in [0.25, 0.3) is 5.57 Å². The summed E-state index contributed by atoms with van der Waals surface area (Å²) >= 11 is 0. The monoisotopic (exact) mass is 356 g/mol. The van der Waals surface area contributed by atoms with Gasteiger partial charge in [-0.25, -0.2) is 0 Å². The minimum Gasteiger partial charge on any atom is -0.399 e. The van der Waals surface area contributed by atoms with Crippen molar-refractivity contribution in [1.82, 2.24) is 0 Å². The highest BCUT2D eigenvalue weighted by atomic mass is 28.3. The second kappa shape index (κ2) is 5.96. The second-order valence-electron chi connectivity index (χ2n) is 7.57. The number of aliphatic imine (C=N–C) groups is 1. The summed E-state index contributed by atoms with van der Waals surface area (Å²) < 4.78 is 0. The van der Waals surface area contributed by atoms with Crippen LogP contribution in [-0.4, -0.2) is 20.8 Å². The summed E-state index contributed by atoms with van der Waals surface area (Å²) in [5, 5.41) is 2.86. The lowest BCUT2D eigenvalue weighted by molar-refractivity contribution is 1.38. The first-order valence-corrected chi connectivity index (χ1v) is 12.0. The molecule has 4 rings (SSSR count). The third kappa shape index (κ3) is 2.43. The number of benzene rings is 2. The lowest BCUT2D eigenvalue weighted by atomic mass is 9.87.